The van der Waals surface area contributed by atoms with Gasteiger partial charge in [0.2, 0.25) is 0 Å². The lowest BCUT2D eigenvalue weighted by atomic mass is 9.97. The molecule has 0 amide bonds. The fourth-order valence-electron chi connectivity index (χ4n) is 7.32. The summed E-state index contributed by atoms with van der Waals surface area (Å²) in [5.74, 6) is 0. The summed E-state index contributed by atoms with van der Waals surface area (Å²) < 4.78 is 4.48. The molecule has 230 valence electrons. The van der Waals surface area contributed by atoms with Crippen molar-refractivity contribution < 1.29 is 0 Å². The van der Waals surface area contributed by atoms with Gasteiger partial charge in [-0.3, -0.25) is 0 Å². The molecule has 5 nitrogen and oxygen atoms in total. The molecule has 0 bridgehead atoms. The van der Waals surface area contributed by atoms with E-state index in [2.05, 4.69) is 122 Å². The van der Waals surface area contributed by atoms with Crippen LogP contribution in [0.4, 0.5) is 11.4 Å². The number of nitrogens with zero attached hydrogens (tertiary/aromatic N) is 5. The number of para-hydroxylation sites is 2. The molecular weight excluding hydrogens is 611 g/mol. The normalized spacial score (nSPS) is 11.1. The minimum Gasteiger partial charge on any atom is -0.310 e. The molecule has 0 radical (unpaired) electrons. The first kappa shape index (κ1) is 28.8. The fraction of sp³-hybridized carbons (Fsp3) is 0. The lowest BCUT2D eigenvalue weighted by Gasteiger charge is -2.16. The van der Waals surface area contributed by atoms with Crippen LogP contribution in [0.15, 0.2) is 152 Å². The van der Waals surface area contributed by atoms with Crippen molar-refractivity contribution in [2.75, 3.05) is 0 Å². The molecule has 0 saturated carbocycles. The Morgan fingerprint density at radius 1 is 0.460 bits per heavy atom. The summed E-state index contributed by atoms with van der Waals surface area (Å²) in [5.41, 5.74) is 11.9. The van der Waals surface area contributed by atoms with Gasteiger partial charge in [-0.1, -0.05) is 84.9 Å². The van der Waals surface area contributed by atoms with Crippen molar-refractivity contribution in [3.63, 3.8) is 0 Å². The van der Waals surface area contributed by atoms with E-state index in [0.29, 0.717) is 16.9 Å². The number of benzene rings is 7. The second-order valence-corrected chi connectivity index (χ2v) is 12.3. The van der Waals surface area contributed by atoms with Crippen LogP contribution in [0, 0.1) is 24.5 Å². The topological polar surface area (TPSA) is 42.4 Å². The maximum Gasteiger partial charge on any atom is 0.189 e. The Labute approximate surface area is 288 Å². The van der Waals surface area contributed by atoms with E-state index in [9.17, 15) is 5.26 Å². The standard InChI is InChI=1S/C45H25N5/c1-47-33-19-22-44-40(26-33)39-23-29(28-46)17-21-43(39)50(44)45-27-34(48-2)18-20-36(45)32-11-7-9-30(24-32)31-10-8-12-35(25-31)49-41-15-5-3-13-37(41)38-14-4-6-16-42(38)49/h3-27H. The lowest BCUT2D eigenvalue weighted by molar-refractivity contribution is 1.18. The summed E-state index contributed by atoms with van der Waals surface area (Å²) in [5, 5.41) is 13.9. The van der Waals surface area contributed by atoms with Crippen LogP contribution < -0.4 is 0 Å². The molecule has 2 heterocycles. The van der Waals surface area contributed by atoms with Crippen LogP contribution in [0.2, 0.25) is 0 Å². The van der Waals surface area contributed by atoms with Crippen LogP contribution >= 0.6 is 0 Å². The average molecular weight is 636 g/mol. The Balaban J connectivity index is 1.23. The molecule has 0 aliphatic heterocycles. The molecule has 0 saturated heterocycles. The Hall–Kier alpha value is -7.39. The summed E-state index contributed by atoms with van der Waals surface area (Å²) in [6.45, 7) is 15.5. The third kappa shape index (κ3) is 4.45. The smallest absolute Gasteiger partial charge is 0.189 e. The monoisotopic (exact) mass is 635 g/mol. The number of nitriles is 1. The number of fused-ring (bicyclic) bond motifs is 6. The van der Waals surface area contributed by atoms with Crippen molar-refractivity contribution in [2.24, 2.45) is 0 Å². The maximum atomic E-state index is 9.70. The highest BCUT2D eigenvalue weighted by atomic mass is 15.0. The zero-order valence-corrected chi connectivity index (χ0v) is 26.7. The van der Waals surface area contributed by atoms with Crippen LogP contribution in [0.25, 0.3) is 86.9 Å². The van der Waals surface area contributed by atoms with Gasteiger partial charge in [0.15, 0.2) is 11.4 Å². The molecule has 0 aliphatic rings. The summed E-state index contributed by atoms with van der Waals surface area (Å²) in [6.07, 6.45) is 0. The van der Waals surface area contributed by atoms with Gasteiger partial charge in [0, 0.05) is 33.1 Å². The number of hydrogen-bond donors (Lipinski definition) is 0. The van der Waals surface area contributed by atoms with E-state index in [1.54, 1.807) is 0 Å². The van der Waals surface area contributed by atoms with Crippen molar-refractivity contribution in [1.29, 1.82) is 5.26 Å². The molecule has 0 atom stereocenters. The molecule has 5 heteroatoms. The largest absolute Gasteiger partial charge is 0.310 e. The lowest BCUT2D eigenvalue weighted by Crippen LogP contribution is -1.97. The van der Waals surface area contributed by atoms with Gasteiger partial charge in [0.1, 0.15) is 0 Å². The van der Waals surface area contributed by atoms with E-state index < -0.39 is 0 Å². The van der Waals surface area contributed by atoms with Crippen molar-refractivity contribution in [2.45, 2.75) is 0 Å². The van der Waals surface area contributed by atoms with Crippen LogP contribution in [0.5, 0.6) is 0 Å². The van der Waals surface area contributed by atoms with E-state index in [1.165, 1.54) is 21.8 Å². The minimum absolute atomic E-state index is 0.528. The van der Waals surface area contributed by atoms with Crippen molar-refractivity contribution in [1.82, 2.24) is 9.13 Å². The SMILES string of the molecule is [C-]#[N+]c1ccc(-c2cccc(-c3cccc(-n4c5ccccc5c5ccccc54)c3)c2)c(-n2c3ccc(C#N)cc3c3cc([N+]#[C-])ccc32)c1. The highest BCUT2D eigenvalue weighted by molar-refractivity contribution is 6.11. The van der Waals surface area contributed by atoms with Crippen LogP contribution in [0.3, 0.4) is 0 Å². The van der Waals surface area contributed by atoms with Gasteiger partial charge in [-0.2, -0.15) is 5.26 Å². The van der Waals surface area contributed by atoms with Gasteiger partial charge in [-0.25, -0.2) is 9.69 Å². The first-order valence-electron chi connectivity index (χ1n) is 16.2. The quantitative estimate of drug-likeness (QED) is 0.177. The van der Waals surface area contributed by atoms with E-state index in [1.807, 2.05) is 54.6 Å². The van der Waals surface area contributed by atoms with E-state index in [-0.39, 0.29) is 0 Å². The Morgan fingerprint density at radius 2 is 1.04 bits per heavy atom. The van der Waals surface area contributed by atoms with Crippen LogP contribution in [-0.2, 0) is 0 Å². The molecule has 9 aromatic rings. The third-order valence-electron chi connectivity index (χ3n) is 9.55. The molecular formula is C45H25N5. The molecule has 0 spiro atoms. The molecule has 7 aromatic carbocycles. The van der Waals surface area contributed by atoms with Gasteiger partial charge in [-0.15, -0.1) is 0 Å². The molecule has 9 rings (SSSR count). The molecule has 0 unspecified atom stereocenters. The second-order valence-electron chi connectivity index (χ2n) is 12.3. The van der Waals surface area contributed by atoms with Gasteiger partial charge in [-0.05, 0) is 88.8 Å². The molecule has 2 aromatic heterocycles. The first-order chi connectivity index (χ1) is 24.6. The van der Waals surface area contributed by atoms with Gasteiger partial charge < -0.3 is 9.13 Å². The Bertz CT molecular complexity index is 2850. The number of rotatable bonds is 4. The van der Waals surface area contributed by atoms with Gasteiger partial charge in [0.25, 0.3) is 0 Å². The first-order valence-corrected chi connectivity index (χ1v) is 16.2. The fourth-order valence-corrected chi connectivity index (χ4v) is 7.32. The van der Waals surface area contributed by atoms with Crippen LogP contribution in [-0.4, -0.2) is 9.13 Å². The summed E-state index contributed by atoms with van der Waals surface area (Å²) >= 11 is 0. The zero-order valence-electron chi connectivity index (χ0n) is 26.7. The van der Waals surface area contributed by atoms with E-state index in [4.69, 9.17) is 13.1 Å². The number of aromatic nitrogens is 2. The molecule has 0 N–H and O–H groups in total. The third-order valence-corrected chi connectivity index (χ3v) is 9.55. The van der Waals surface area contributed by atoms with Gasteiger partial charge >= 0.3 is 0 Å². The average Bonchev–Trinajstić information content (AvgIpc) is 3.69. The van der Waals surface area contributed by atoms with E-state index >= 15 is 0 Å². The molecule has 0 fully saturated rings. The maximum absolute atomic E-state index is 9.70. The van der Waals surface area contributed by atoms with Gasteiger partial charge in [0.05, 0.1) is 46.8 Å². The zero-order chi connectivity index (χ0) is 33.8. The Kier molecular flexibility index (Phi) is 6.56. The molecule has 50 heavy (non-hydrogen) atoms. The van der Waals surface area contributed by atoms with Crippen molar-refractivity contribution in [3.05, 3.63) is 180 Å². The predicted molar refractivity (Wildman–Crippen MR) is 203 cm³/mol. The van der Waals surface area contributed by atoms with Crippen molar-refractivity contribution in [3.8, 4) is 39.7 Å². The second kappa shape index (κ2) is 11.4. The summed E-state index contributed by atoms with van der Waals surface area (Å²) in [6, 6.07) is 53.6. The number of hydrogen-bond acceptors (Lipinski definition) is 1. The van der Waals surface area contributed by atoms with E-state index in [0.717, 1.165) is 55.4 Å². The van der Waals surface area contributed by atoms with Crippen LogP contribution in [0.1, 0.15) is 5.56 Å². The highest BCUT2D eigenvalue weighted by Gasteiger charge is 2.18. The summed E-state index contributed by atoms with van der Waals surface area (Å²) in [7, 11) is 0. The Morgan fingerprint density at radius 3 is 1.76 bits per heavy atom. The minimum atomic E-state index is 0.528. The highest BCUT2D eigenvalue weighted by Crippen LogP contribution is 2.40. The van der Waals surface area contributed by atoms with Crippen molar-refractivity contribution >= 4 is 55.0 Å². The molecule has 0 aliphatic carbocycles. The summed E-state index contributed by atoms with van der Waals surface area (Å²) in [4.78, 5) is 7.45. The predicted octanol–water partition coefficient (Wildman–Crippen LogP) is 12.2.